The van der Waals surface area contributed by atoms with Crippen LogP contribution >= 0.6 is 11.6 Å². The monoisotopic (exact) mass is 272 g/mol. The number of pyridine rings is 1. The zero-order chi connectivity index (χ0) is 13.5. The van der Waals surface area contributed by atoms with Gasteiger partial charge >= 0.3 is 0 Å². The van der Waals surface area contributed by atoms with Crippen LogP contribution in [0.25, 0.3) is 0 Å². The first kappa shape index (κ1) is 12.5. The van der Waals surface area contributed by atoms with Gasteiger partial charge in [0, 0.05) is 17.4 Å². The third-order valence-corrected chi connectivity index (χ3v) is 4.05. The van der Waals surface area contributed by atoms with Crippen LogP contribution in [0.2, 0.25) is 5.02 Å². The standard InChI is InChI=1S/C16H17ClN2/c1-16(2)9-11-5-6-12(17)8-14(11)15(16)19-13-4-3-7-18-10-13/h3-8,10,15,19H,9H2,1-2H3. The summed E-state index contributed by atoms with van der Waals surface area (Å²) in [5, 5.41) is 4.39. The van der Waals surface area contributed by atoms with Gasteiger partial charge in [-0.15, -0.1) is 0 Å². The molecule has 3 heteroatoms. The number of rotatable bonds is 2. The van der Waals surface area contributed by atoms with E-state index in [4.69, 9.17) is 11.6 Å². The minimum atomic E-state index is 0.170. The lowest BCUT2D eigenvalue weighted by atomic mass is 9.85. The van der Waals surface area contributed by atoms with Gasteiger partial charge in [-0.05, 0) is 47.2 Å². The van der Waals surface area contributed by atoms with Gasteiger partial charge in [-0.3, -0.25) is 4.98 Å². The predicted octanol–water partition coefficient (Wildman–Crippen LogP) is 4.47. The zero-order valence-electron chi connectivity index (χ0n) is 11.2. The Labute approximate surface area is 118 Å². The molecule has 0 radical (unpaired) electrons. The van der Waals surface area contributed by atoms with E-state index in [9.17, 15) is 0 Å². The lowest BCUT2D eigenvalue weighted by Crippen LogP contribution is -2.24. The fraction of sp³-hybridized carbons (Fsp3) is 0.312. The van der Waals surface area contributed by atoms with Gasteiger partial charge in [0.05, 0.1) is 11.7 Å². The highest BCUT2D eigenvalue weighted by molar-refractivity contribution is 6.30. The number of nitrogens with one attached hydrogen (secondary N) is 1. The summed E-state index contributed by atoms with van der Waals surface area (Å²) < 4.78 is 0. The van der Waals surface area contributed by atoms with Crippen molar-refractivity contribution in [1.82, 2.24) is 4.98 Å². The van der Waals surface area contributed by atoms with Gasteiger partial charge in [0.15, 0.2) is 0 Å². The van der Waals surface area contributed by atoms with E-state index in [1.165, 1.54) is 11.1 Å². The number of anilines is 1. The first-order valence-electron chi connectivity index (χ1n) is 6.51. The summed E-state index contributed by atoms with van der Waals surface area (Å²) in [6, 6.07) is 10.5. The molecule has 1 atom stereocenters. The number of nitrogens with zero attached hydrogens (tertiary/aromatic N) is 1. The van der Waals surface area contributed by atoms with Crippen LogP contribution in [0.4, 0.5) is 5.69 Å². The maximum atomic E-state index is 6.14. The molecule has 98 valence electrons. The van der Waals surface area contributed by atoms with E-state index in [1.54, 1.807) is 6.20 Å². The molecule has 0 aliphatic heterocycles. The van der Waals surface area contributed by atoms with Crippen LogP contribution in [-0.2, 0) is 6.42 Å². The zero-order valence-corrected chi connectivity index (χ0v) is 11.9. The van der Waals surface area contributed by atoms with Crippen molar-refractivity contribution in [2.75, 3.05) is 5.32 Å². The quantitative estimate of drug-likeness (QED) is 0.872. The van der Waals surface area contributed by atoms with E-state index in [0.717, 1.165) is 17.1 Å². The molecule has 2 nitrogen and oxygen atoms in total. The average molecular weight is 273 g/mol. The van der Waals surface area contributed by atoms with Crippen molar-refractivity contribution >= 4 is 17.3 Å². The van der Waals surface area contributed by atoms with E-state index >= 15 is 0 Å². The second kappa shape index (κ2) is 4.53. The Bertz CT molecular complexity index is 593. The number of aromatic nitrogens is 1. The smallest absolute Gasteiger partial charge is 0.0571 e. The molecule has 1 heterocycles. The number of benzene rings is 1. The summed E-state index contributed by atoms with van der Waals surface area (Å²) >= 11 is 6.14. The normalized spacial score (nSPS) is 20.1. The average Bonchev–Trinajstić information content (AvgIpc) is 2.62. The second-order valence-electron chi connectivity index (χ2n) is 5.83. The molecule has 0 bridgehead atoms. The minimum absolute atomic E-state index is 0.170. The molecule has 0 saturated carbocycles. The maximum absolute atomic E-state index is 6.14. The summed E-state index contributed by atoms with van der Waals surface area (Å²) in [5.41, 5.74) is 3.91. The molecule has 3 rings (SSSR count). The Balaban J connectivity index is 1.98. The number of hydrogen-bond acceptors (Lipinski definition) is 2. The van der Waals surface area contributed by atoms with Crippen LogP contribution in [0.15, 0.2) is 42.7 Å². The Morgan fingerprint density at radius 3 is 2.89 bits per heavy atom. The van der Waals surface area contributed by atoms with Crippen molar-refractivity contribution in [1.29, 1.82) is 0 Å². The van der Waals surface area contributed by atoms with Gasteiger partial charge in [-0.1, -0.05) is 31.5 Å². The van der Waals surface area contributed by atoms with Crippen LogP contribution in [0.1, 0.15) is 31.0 Å². The maximum Gasteiger partial charge on any atom is 0.0571 e. The van der Waals surface area contributed by atoms with Gasteiger partial charge in [0.2, 0.25) is 0 Å². The minimum Gasteiger partial charge on any atom is -0.376 e. The molecule has 0 amide bonds. The van der Waals surface area contributed by atoms with Crippen molar-refractivity contribution in [3.05, 3.63) is 58.9 Å². The molecule has 1 unspecified atom stereocenters. The van der Waals surface area contributed by atoms with Gasteiger partial charge in [0.1, 0.15) is 0 Å². The third kappa shape index (κ3) is 2.33. The van der Waals surface area contributed by atoms with Crippen LogP contribution in [0.5, 0.6) is 0 Å². The topological polar surface area (TPSA) is 24.9 Å². The Hall–Kier alpha value is -1.54. The summed E-state index contributed by atoms with van der Waals surface area (Å²) in [4.78, 5) is 4.16. The van der Waals surface area contributed by atoms with E-state index in [-0.39, 0.29) is 11.5 Å². The van der Waals surface area contributed by atoms with E-state index in [1.807, 2.05) is 24.4 Å². The predicted molar refractivity (Wildman–Crippen MR) is 79.5 cm³/mol. The number of halogens is 1. The summed E-state index contributed by atoms with van der Waals surface area (Å²) in [5.74, 6) is 0. The van der Waals surface area contributed by atoms with Gasteiger partial charge in [0.25, 0.3) is 0 Å². The largest absolute Gasteiger partial charge is 0.376 e. The fourth-order valence-electron chi connectivity index (χ4n) is 2.90. The van der Waals surface area contributed by atoms with E-state index in [2.05, 4.69) is 36.3 Å². The first-order chi connectivity index (χ1) is 9.06. The van der Waals surface area contributed by atoms with E-state index in [0.29, 0.717) is 0 Å². The van der Waals surface area contributed by atoms with Crippen molar-refractivity contribution in [3.8, 4) is 0 Å². The molecule has 2 aromatic rings. The summed E-state index contributed by atoms with van der Waals surface area (Å²) in [7, 11) is 0. The van der Waals surface area contributed by atoms with Crippen molar-refractivity contribution < 1.29 is 0 Å². The lowest BCUT2D eigenvalue weighted by Gasteiger charge is -2.29. The van der Waals surface area contributed by atoms with E-state index < -0.39 is 0 Å². The van der Waals surface area contributed by atoms with Crippen molar-refractivity contribution in [2.45, 2.75) is 26.3 Å². The van der Waals surface area contributed by atoms with Crippen LogP contribution in [-0.4, -0.2) is 4.98 Å². The summed E-state index contributed by atoms with van der Waals surface area (Å²) in [6.45, 7) is 4.57. The molecule has 0 fully saturated rings. The Morgan fingerprint density at radius 1 is 1.32 bits per heavy atom. The highest BCUT2D eigenvalue weighted by Gasteiger charge is 2.38. The lowest BCUT2D eigenvalue weighted by molar-refractivity contribution is 0.337. The van der Waals surface area contributed by atoms with Crippen LogP contribution in [0.3, 0.4) is 0 Å². The summed E-state index contributed by atoms with van der Waals surface area (Å²) in [6.07, 6.45) is 4.71. The number of hydrogen-bond donors (Lipinski definition) is 1. The fourth-order valence-corrected chi connectivity index (χ4v) is 3.08. The van der Waals surface area contributed by atoms with Gasteiger partial charge < -0.3 is 5.32 Å². The van der Waals surface area contributed by atoms with Crippen LogP contribution in [0, 0.1) is 5.41 Å². The molecule has 1 N–H and O–H groups in total. The molecule has 1 aromatic heterocycles. The number of fused-ring (bicyclic) bond motifs is 1. The molecule has 1 aromatic carbocycles. The highest BCUT2D eigenvalue weighted by atomic mass is 35.5. The molecule has 1 aliphatic rings. The molecule has 19 heavy (non-hydrogen) atoms. The molecular weight excluding hydrogens is 256 g/mol. The third-order valence-electron chi connectivity index (χ3n) is 3.82. The molecule has 0 spiro atoms. The Morgan fingerprint density at radius 2 is 2.16 bits per heavy atom. The first-order valence-corrected chi connectivity index (χ1v) is 6.89. The van der Waals surface area contributed by atoms with Gasteiger partial charge in [-0.2, -0.15) is 0 Å². The second-order valence-corrected chi connectivity index (χ2v) is 6.26. The van der Waals surface area contributed by atoms with Crippen molar-refractivity contribution in [3.63, 3.8) is 0 Å². The van der Waals surface area contributed by atoms with Crippen molar-refractivity contribution in [2.24, 2.45) is 5.41 Å². The molecule has 0 saturated heterocycles. The molecular formula is C16H17ClN2. The van der Waals surface area contributed by atoms with Gasteiger partial charge in [-0.25, -0.2) is 0 Å². The SMILES string of the molecule is CC1(C)Cc2ccc(Cl)cc2C1Nc1cccnc1. The Kier molecular flexibility index (Phi) is 2.98. The molecule has 1 aliphatic carbocycles. The highest BCUT2D eigenvalue weighted by Crippen LogP contribution is 2.47. The van der Waals surface area contributed by atoms with Crippen LogP contribution < -0.4 is 5.32 Å².